The molecule has 1 nitrogen and oxygen atoms in total. The minimum Gasteiger partial charge on any atom is -0.249 e. The third-order valence-corrected chi connectivity index (χ3v) is 2.25. The number of hydrogen-bond donors (Lipinski definition) is 0. The monoisotopic (exact) mass is 250 g/mol. The van der Waals surface area contributed by atoms with Gasteiger partial charge in [-0.3, -0.25) is 0 Å². The number of halogens is 2. The van der Waals surface area contributed by atoms with Crippen molar-refractivity contribution in [1.82, 2.24) is 4.98 Å². The first-order valence-corrected chi connectivity index (χ1v) is 4.85. The molecule has 0 aliphatic heterocycles. The van der Waals surface area contributed by atoms with E-state index in [1.807, 2.05) is 0 Å². The molecule has 1 aromatic carbocycles. The van der Waals surface area contributed by atoms with Gasteiger partial charge in [-0.25, -0.2) is 9.37 Å². The Hall–Kier alpha value is -1.22. The average Bonchev–Trinajstić information content (AvgIpc) is 2.18. The molecule has 0 aliphatic rings. The lowest BCUT2D eigenvalue weighted by atomic mass is 10.1. The van der Waals surface area contributed by atoms with Crippen molar-refractivity contribution in [3.63, 3.8) is 0 Å². The average molecular weight is 251 g/mol. The van der Waals surface area contributed by atoms with E-state index >= 15 is 0 Å². The quantitative estimate of drug-likeness (QED) is 0.707. The van der Waals surface area contributed by atoms with E-state index in [1.165, 1.54) is 6.07 Å². The molecule has 1 aromatic heterocycles. The highest BCUT2D eigenvalue weighted by molar-refractivity contribution is 9.10. The maximum Gasteiger partial charge on any atom is 0.131 e. The summed E-state index contributed by atoms with van der Waals surface area (Å²) in [4.78, 5) is 3.98. The second kappa shape index (κ2) is 3.88. The number of rotatable bonds is 1. The minimum absolute atomic E-state index is 0.273. The van der Waals surface area contributed by atoms with Crippen molar-refractivity contribution in [2.75, 3.05) is 0 Å². The molecule has 3 heteroatoms. The minimum atomic E-state index is -0.273. The third kappa shape index (κ3) is 1.82. The van der Waals surface area contributed by atoms with Gasteiger partial charge in [-0.15, -0.1) is 0 Å². The maximum absolute atomic E-state index is 13.3. The van der Waals surface area contributed by atoms with Gasteiger partial charge >= 0.3 is 0 Å². The number of benzene rings is 1. The molecular weight excluding hydrogens is 245 g/mol. The van der Waals surface area contributed by atoms with E-state index in [4.69, 9.17) is 0 Å². The first-order valence-electron chi connectivity index (χ1n) is 4.05. The van der Waals surface area contributed by atoms with Gasteiger partial charge in [-0.2, -0.15) is 0 Å². The van der Waals surface area contributed by atoms with Gasteiger partial charge in [0.25, 0.3) is 0 Å². The van der Waals surface area contributed by atoms with Crippen molar-refractivity contribution in [3.8, 4) is 11.1 Å². The molecule has 0 spiro atoms. The zero-order valence-electron chi connectivity index (χ0n) is 7.17. The smallest absolute Gasteiger partial charge is 0.131 e. The third-order valence-electron chi connectivity index (χ3n) is 1.82. The molecule has 0 atom stereocenters. The zero-order chi connectivity index (χ0) is 9.97. The maximum atomic E-state index is 13.3. The van der Waals surface area contributed by atoms with Crippen LogP contribution in [0.2, 0.25) is 0 Å². The molecule has 0 saturated heterocycles. The van der Waals surface area contributed by atoms with Gasteiger partial charge < -0.3 is 0 Å². The molecule has 2 rings (SSSR count). The molecular formula is C11H6BrFN. The van der Waals surface area contributed by atoms with Crippen molar-refractivity contribution in [3.05, 3.63) is 53.0 Å². The highest BCUT2D eigenvalue weighted by Gasteiger charge is 2.04. The molecule has 0 fully saturated rings. The Bertz CT molecular complexity index is 457. The molecule has 1 heterocycles. The van der Waals surface area contributed by atoms with E-state index in [9.17, 15) is 4.39 Å². The van der Waals surface area contributed by atoms with Crippen LogP contribution in [0.5, 0.6) is 0 Å². The Balaban J connectivity index is 2.55. The van der Waals surface area contributed by atoms with Crippen LogP contribution in [0.25, 0.3) is 11.1 Å². The largest absolute Gasteiger partial charge is 0.249 e. The standard InChI is InChI=1S/C11H6BrFN/c12-11-7-8(5-6-14-11)9-3-1-2-4-10(9)13/h1-2,4-7H. The Morgan fingerprint density at radius 3 is 2.93 bits per heavy atom. The topological polar surface area (TPSA) is 12.9 Å². The van der Waals surface area contributed by atoms with Gasteiger partial charge in [0, 0.05) is 11.8 Å². The van der Waals surface area contributed by atoms with Gasteiger partial charge in [0.15, 0.2) is 0 Å². The molecule has 14 heavy (non-hydrogen) atoms. The van der Waals surface area contributed by atoms with Crippen molar-refractivity contribution in [1.29, 1.82) is 0 Å². The predicted molar refractivity (Wildman–Crippen MR) is 56.2 cm³/mol. The summed E-state index contributed by atoms with van der Waals surface area (Å²) in [5.74, 6) is -0.273. The summed E-state index contributed by atoms with van der Waals surface area (Å²) in [6, 6.07) is 11.1. The lowest BCUT2D eigenvalue weighted by molar-refractivity contribution is 0.631. The summed E-state index contributed by atoms with van der Waals surface area (Å²) >= 11 is 3.24. The van der Waals surface area contributed by atoms with Crippen LogP contribution >= 0.6 is 15.9 Å². The second-order valence-electron chi connectivity index (χ2n) is 2.76. The van der Waals surface area contributed by atoms with E-state index in [-0.39, 0.29) is 5.82 Å². The van der Waals surface area contributed by atoms with Crippen LogP contribution in [-0.4, -0.2) is 4.98 Å². The first kappa shape index (κ1) is 9.34. The summed E-state index contributed by atoms with van der Waals surface area (Å²) < 4.78 is 14.0. The van der Waals surface area contributed by atoms with E-state index in [1.54, 1.807) is 30.5 Å². The fraction of sp³-hybridized carbons (Fsp3) is 0. The lowest BCUT2D eigenvalue weighted by Gasteiger charge is -2.01. The van der Waals surface area contributed by atoms with Crippen LogP contribution in [0, 0.1) is 11.9 Å². The second-order valence-corrected chi connectivity index (χ2v) is 3.57. The van der Waals surface area contributed by atoms with Crippen molar-refractivity contribution in [2.45, 2.75) is 0 Å². The Morgan fingerprint density at radius 2 is 2.21 bits per heavy atom. The van der Waals surface area contributed by atoms with Crippen LogP contribution in [0.4, 0.5) is 4.39 Å². The number of nitrogens with zero attached hydrogens (tertiary/aromatic N) is 1. The highest BCUT2D eigenvalue weighted by atomic mass is 79.9. The molecule has 0 amide bonds. The van der Waals surface area contributed by atoms with Crippen molar-refractivity contribution < 1.29 is 4.39 Å². The predicted octanol–water partition coefficient (Wildman–Crippen LogP) is 3.45. The number of pyridine rings is 1. The number of aromatic nitrogens is 1. The lowest BCUT2D eigenvalue weighted by Crippen LogP contribution is -1.84. The zero-order valence-corrected chi connectivity index (χ0v) is 8.75. The van der Waals surface area contributed by atoms with Gasteiger partial charge in [0.05, 0.1) is 0 Å². The molecule has 69 valence electrons. The molecule has 0 aliphatic carbocycles. The van der Waals surface area contributed by atoms with Gasteiger partial charge in [-0.1, -0.05) is 12.1 Å². The van der Waals surface area contributed by atoms with Crippen LogP contribution in [0.3, 0.4) is 0 Å². The molecule has 0 N–H and O–H groups in total. The highest BCUT2D eigenvalue weighted by Crippen LogP contribution is 2.23. The van der Waals surface area contributed by atoms with Crippen molar-refractivity contribution >= 4 is 15.9 Å². The van der Waals surface area contributed by atoms with E-state index < -0.39 is 0 Å². The van der Waals surface area contributed by atoms with Crippen molar-refractivity contribution in [2.24, 2.45) is 0 Å². The van der Waals surface area contributed by atoms with E-state index in [0.29, 0.717) is 10.2 Å². The Kier molecular flexibility index (Phi) is 2.59. The molecule has 0 bridgehead atoms. The SMILES string of the molecule is Fc1ccc[c]c1-c1ccnc(Br)c1. The summed E-state index contributed by atoms with van der Waals surface area (Å²) in [5.41, 5.74) is 1.24. The fourth-order valence-electron chi connectivity index (χ4n) is 1.20. The fourth-order valence-corrected chi connectivity index (χ4v) is 1.56. The van der Waals surface area contributed by atoms with Crippen LogP contribution in [-0.2, 0) is 0 Å². The molecule has 0 saturated carbocycles. The van der Waals surface area contributed by atoms with Gasteiger partial charge in [0.1, 0.15) is 10.4 Å². The number of hydrogen-bond acceptors (Lipinski definition) is 1. The summed E-state index contributed by atoms with van der Waals surface area (Å²) in [6.07, 6.45) is 1.62. The molecule has 2 aromatic rings. The van der Waals surface area contributed by atoms with Crippen LogP contribution < -0.4 is 0 Å². The first-order chi connectivity index (χ1) is 6.77. The normalized spacial score (nSPS) is 10.1. The Labute approximate surface area is 89.7 Å². The summed E-state index contributed by atoms with van der Waals surface area (Å²) in [6.45, 7) is 0. The molecule has 0 unspecified atom stereocenters. The van der Waals surface area contributed by atoms with E-state index in [0.717, 1.165) is 5.56 Å². The Morgan fingerprint density at radius 1 is 1.36 bits per heavy atom. The van der Waals surface area contributed by atoms with Gasteiger partial charge in [-0.05, 0) is 45.8 Å². The van der Waals surface area contributed by atoms with Crippen LogP contribution in [0.15, 0.2) is 41.1 Å². The van der Waals surface area contributed by atoms with E-state index in [2.05, 4.69) is 27.0 Å². The van der Waals surface area contributed by atoms with Crippen LogP contribution in [0.1, 0.15) is 0 Å². The summed E-state index contributed by atoms with van der Waals surface area (Å²) in [7, 11) is 0. The molecule has 1 radical (unpaired) electrons. The summed E-state index contributed by atoms with van der Waals surface area (Å²) in [5, 5.41) is 0. The van der Waals surface area contributed by atoms with Gasteiger partial charge in [0.2, 0.25) is 0 Å².